The fourth-order valence-corrected chi connectivity index (χ4v) is 11.7. The molecule has 0 spiro atoms. The Morgan fingerprint density at radius 2 is 1.58 bits per heavy atom. The van der Waals surface area contributed by atoms with Crippen LogP contribution in [0, 0.1) is 56.2 Å². The minimum absolute atomic E-state index is 0.0614. The lowest BCUT2D eigenvalue weighted by Crippen LogP contribution is -2.76. The first-order chi connectivity index (χ1) is 20.7. The van der Waals surface area contributed by atoms with Gasteiger partial charge in [-0.2, -0.15) is 0 Å². The lowest BCUT2D eigenvalue weighted by molar-refractivity contribution is -0.292. The molecule has 0 aliphatic heterocycles. The Kier molecular flexibility index (Phi) is 8.54. The second kappa shape index (κ2) is 11.0. The maximum Gasteiger partial charge on any atom is 0.308 e. The van der Waals surface area contributed by atoms with Crippen LogP contribution in [0.3, 0.4) is 0 Å². The van der Waals surface area contributed by atoms with Crippen molar-refractivity contribution >= 4 is 11.9 Å². The third-order valence-electron chi connectivity index (χ3n) is 15.0. The second-order valence-electron chi connectivity index (χ2n) is 17.7. The van der Waals surface area contributed by atoms with Gasteiger partial charge in [0.25, 0.3) is 0 Å². The van der Waals surface area contributed by atoms with Gasteiger partial charge in [-0.15, -0.1) is 0 Å². The first-order valence-corrected chi connectivity index (χ1v) is 17.4. The average molecular weight is 633 g/mol. The molecule has 0 aromatic heterocycles. The molecule has 0 amide bonds. The summed E-state index contributed by atoms with van der Waals surface area (Å²) in [6.45, 7) is 19.8. The molecule has 8 nitrogen and oxygen atoms in total. The van der Waals surface area contributed by atoms with Crippen molar-refractivity contribution in [3.8, 4) is 0 Å². The number of ether oxygens (including phenoxy) is 2. The first kappa shape index (κ1) is 34.8. The number of esters is 2. The van der Waals surface area contributed by atoms with Gasteiger partial charge in [-0.05, 0) is 84.4 Å². The molecule has 45 heavy (non-hydrogen) atoms. The maximum absolute atomic E-state index is 13.1. The minimum atomic E-state index is -1.43. The van der Waals surface area contributed by atoms with Crippen LogP contribution < -0.4 is 0 Å². The molecule has 0 bridgehead atoms. The van der Waals surface area contributed by atoms with Crippen molar-refractivity contribution in [1.82, 2.24) is 0 Å². The monoisotopic (exact) mass is 632 g/mol. The number of carbonyl (C=O) groups excluding carboxylic acids is 2. The molecule has 0 heterocycles. The van der Waals surface area contributed by atoms with Gasteiger partial charge >= 0.3 is 11.9 Å². The Hall–Kier alpha value is -1.48. The van der Waals surface area contributed by atoms with Crippen LogP contribution in [-0.2, 0) is 19.1 Å². The van der Waals surface area contributed by atoms with Crippen LogP contribution in [0.2, 0.25) is 0 Å². The zero-order valence-electron chi connectivity index (χ0n) is 29.4. The van der Waals surface area contributed by atoms with Gasteiger partial charge in [-0.25, -0.2) is 0 Å². The van der Waals surface area contributed by atoms with Crippen LogP contribution in [0.15, 0.2) is 11.6 Å². The molecule has 0 saturated heterocycles. The van der Waals surface area contributed by atoms with Crippen molar-refractivity contribution < 1.29 is 39.5 Å². The van der Waals surface area contributed by atoms with Gasteiger partial charge in [0.05, 0.1) is 35.7 Å². The predicted molar refractivity (Wildman–Crippen MR) is 171 cm³/mol. The summed E-state index contributed by atoms with van der Waals surface area (Å²) in [5.74, 6) is -1.26. The van der Waals surface area contributed by atoms with E-state index in [-0.39, 0.29) is 40.8 Å². The van der Waals surface area contributed by atoms with E-state index in [2.05, 4.69) is 40.7 Å². The number of carbonyl (C=O) groups is 2. The van der Waals surface area contributed by atoms with E-state index in [4.69, 9.17) is 9.47 Å². The highest BCUT2D eigenvalue weighted by Gasteiger charge is 2.76. The van der Waals surface area contributed by atoms with E-state index >= 15 is 0 Å². The highest BCUT2D eigenvalue weighted by atomic mass is 16.6. The van der Waals surface area contributed by atoms with Gasteiger partial charge in [0.1, 0.15) is 12.7 Å². The number of hydrogen-bond acceptors (Lipinski definition) is 8. The Labute approximate surface area is 270 Å². The molecule has 256 valence electrons. The number of aliphatic hydroxyl groups excluding tert-OH is 4. The quantitative estimate of drug-likeness (QED) is 0.240. The van der Waals surface area contributed by atoms with E-state index in [9.17, 15) is 30.0 Å². The molecule has 4 fully saturated rings. The molecule has 5 rings (SSSR count). The number of rotatable bonds is 5. The third-order valence-corrected chi connectivity index (χ3v) is 15.0. The summed E-state index contributed by atoms with van der Waals surface area (Å²) in [4.78, 5) is 25.7. The van der Waals surface area contributed by atoms with E-state index in [1.165, 1.54) is 6.92 Å². The Morgan fingerprint density at radius 1 is 0.933 bits per heavy atom. The third kappa shape index (κ3) is 4.58. The van der Waals surface area contributed by atoms with Crippen molar-refractivity contribution in [3.63, 3.8) is 0 Å². The van der Waals surface area contributed by atoms with Gasteiger partial charge in [-0.1, -0.05) is 74.0 Å². The predicted octanol–water partition coefficient (Wildman–Crippen LogP) is 5.19. The highest BCUT2D eigenvalue weighted by Crippen LogP contribution is 2.75. The van der Waals surface area contributed by atoms with Gasteiger partial charge in [0.15, 0.2) is 0 Å². The molecule has 0 unspecified atom stereocenters. The van der Waals surface area contributed by atoms with Crippen LogP contribution in [-0.4, -0.2) is 69.5 Å². The molecule has 4 N–H and O–H groups in total. The normalized spacial score (nSPS) is 48.8. The Morgan fingerprint density at radius 3 is 2.18 bits per heavy atom. The molecular formula is C37H60O8. The average Bonchev–Trinajstić information content (AvgIpc) is 2.96. The van der Waals surface area contributed by atoms with Gasteiger partial charge in [0.2, 0.25) is 0 Å². The van der Waals surface area contributed by atoms with Gasteiger partial charge in [-0.3, -0.25) is 9.59 Å². The van der Waals surface area contributed by atoms with Crippen molar-refractivity contribution in [2.45, 2.75) is 145 Å². The van der Waals surface area contributed by atoms with Gasteiger partial charge in [0, 0.05) is 12.3 Å². The zero-order chi connectivity index (χ0) is 33.7. The first-order valence-electron chi connectivity index (χ1n) is 17.4. The topological polar surface area (TPSA) is 134 Å². The lowest BCUT2D eigenvalue weighted by Gasteiger charge is -2.73. The summed E-state index contributed by atoms with van der Waals surface area (Å²) < 4.78 is 11.9. The lowest BCUT2D eigenvalue weighted by atomic mass is 9.32. The standard InChI is InChI=1S/C37H60O8/c1-11-20(2)31(43)44-19-37-23(18-32(4,5)29(42)30(37)45-21(3)38)22-12-13-25-34(8)16-15-26(39)33(6,7)24(34)14-17-35(25,9)36(22,10)27(40)28(37)41/h12,20,23-30,39-42H,11,13-19H2,1-10H3/t20-,23+,24+,25-,26+,27+,28-,29+,30+,34+,35-,36+,37+/m1/s1. The fraction of sp³-hybridized carbons (Fsp3) is 0.892. The summed E-state index contributed by atoms with van der Waals surface area (Å²) in [6.07, 6.45) is 2.16. The molecule has 0 aromatic rings. The second-order valence-corrected chi connectivity index (χ2v) is 17.7. The molecule has 0 radical (unpaired) electrons. The SMILES string of the molecule is CC[C@@H](C)C(=O)OC[C@@]12[C@H](O)[C@H](O)[C@]3(C)C(=CC[C@@H]4[C@@]5(C)CC[C@H](O)C(C)(C)[C@@H]5CC[C@]43C)[C@@H]1CC(C)(C)[C@@H](O)[C@@H]2OC(C)=O. The summed E-state index contributed by atoms with van der Waals surface area (Å²) in [7, 11) is 0. The highest BCUT2D eigenvalue weighted by molar-refractivity contribution is 5.72. The van der Waals surface area contributed by atoms with Crippen molar-refractivity contribution in [3.05, 3.63) is 11.6 Å². The Balaban J connectivity index is 1.68. The molecule has 8 heteroatoms. The maximum atomic E-state index is 13.1. The summed E-state index contributed by atoms with van der Waals surface area (Å²) in [6, 6.07) is 0. The summed E-state index contributed by atoms with van der Waals surface area (Å²) >= 11 is 0. The molecule has 5 aliphatic rings. The molecule has 0 aromatic carbocycles. The van der Waals surface area contributed by atoms with Crippen molar-refractivity contribution in [2.24, 2.45) is 56.2 Å². The fourth-order valence-electron chi connectivity index (χ4n) is 11.7. The Bertz CT molecular complexity index is 1220. The van der Waals surface area contributed by atoms with E-state index < -0.39 is 58.5 Å². The van der Waals surface area contributed by atoms with Crippen molar-refractivity contribution in [2.75, 3.05) is 6.61 Å². The van der Waals surface area contributed by atoms with E-state index in [0.29, 0.717) is 18.8 Å². The van der Waals surface area contributed by atoms with Crippen LogP contribution in [0.5, 0.6) is 0 Å². The van der Waals surface area contributed by atoms with Crippen LogP contribution in [0.4, 0.5) is 0 Å². The summed E-state index contributed by atoms with van der Waals surface area (Å²) in [5, 5.41) is 47.9. The van der Waals surface area contributed by atoms with Gasteiger partial charge < -0.3 is 29.9 Å². The van der Waals surface area contributed by atoms with Crippen molar-refractivity contribution in [1.29, 1.82) is 0 Å². The molecule has 13 atom stereocenters. The number of aliphatic hydroxyl groups is 4. The van der Waals surface area contributed by atoms with Crippen LogP contribution in [0.25, 0.3) is 0 Å². The molecule has 4 saturated carbocycles. The molecule has 5 aliphatic carbocycles. The van der Waals surface area contributed by atoms with Crippen LogP contribution >= 0.6 is 0 Å². The van der Waals surface area contributed by atoms with E-state index in [1.807, 2.05) is 20.8 Å². The van der Waals surface area contributed by atoms with Crippen LogP contribution in [0.1, 0.15) is 114 Å². The largest absolute Gasteiger partial charge is 0.465 e. The smallest absolute Gasteiger partial charge is 0.308 e. The minimum Gasteiger partial charge on any atom is -0.465 e. The molecular weight excluding hydrogens is 572 g/mol. The zero-order valence-corrected chi connectivity index (χ0v) is 29.4. The number of fused-ring (bicyclic) bond motifs is 7. The number of allylic oxidation sites excluding steroid dienone is 1. The van der Waals surface area contributed by atoms with E-state index in [0.717, 1.165) is 37.7 Å². The summed E-state index contributed by atoms with van der Waals surface area (Å²) in [5.41, 5.74) is -2.59. The van der Waals surface area contributed by atoms with E-state index in [1.54, 1.807) is 6.92 Å². The number of hydrogen-bond donors (Lipinski definition) is 4.